The van der Waals surface area contributed by atoms with Gasteiger partial charge in [0, 0.05) is 30.9 Å². The van der Waals surface area contributed by atoms with E-state index in [1.807, 2.05) is 6.07 Å². The third kappa shape index (κ3) is 7.78. The van der Waals surface area contributed by atoms with Crippen LogP contribution in [0.3, 0.4) is 0 Å². The fourth-order valence-corrected chi connectivity index (χ4v) is 3.24. The fourth-order valence-electron chi connectivity index (χ4n) is 2.45. The summed E-state index contributed by atoms with van der Waals surface area (Å²) in [4.78, 5) is 5.53. The minimum absolute atomic E-state index is 0. The largest absolute Gasteiger partial charge is 0.490 e. The summed E-state index contributed by atoms with van der Waals surface area (Å²) >= 11 is 1.73. The lowest BCUT2D eigenvalue weighted by atomic mass is 10.1. The van der Waals surface area contributed by atoms with Crippen LogP contribution in [0, 0.1) is 0 Å². The van der Waals surface area contributed by atoms with Crippen molar-refractivity contribution in [2.45, 2.75) is 32.9 Å². The second-order valence-corrected chi connectivity index (χ2v) is 6.80. The molecule has 28 heavy (non-hydrogen) atoms. The quantitative estimate of drug-likeness (QED) is 0.280. The van der Waals surface area contributed by atoms with E-state index in [0.29, 0.717) is 30.8 Å². The van der Waals surface area contributed by atoms with Crippen LogP contribution in [-0.4, -0.2) is 32.8 Å². The first-order chi connectivity index (χ1) is 13.0. The molecule has 0 bridgehead atoms. The van der Waals surface area contributed by atoms with Gasteiger partial charge in [-0.15, -0.1) is 35.3 Å². The van der Waals surface area contributed by atoms with Crippen molar-refractivity contribution in [3.63, 3.8) is 0 Å². The van der Waals surface area contributed by atoms with Gasteiger partial charge in [-0.3, -0.25) is 4.99 Å². The maximum atomic E-state index is 12.5. The molecule has 0 amide bonds. The molecular formula is C19H26F2IN3O2S. The smallest absolute Gasteiger partial charge is 0.387 e. The molecule has 1 unspecified atom stereocenters. The second-order valence-electron chi connectivity index (χ2n) is 5.82. The molecule has 1 atom stereocenters. The molecule has 0 aliphatic heterocycles. The Morgan fingerprint density at radius 1 is 1.21 bits per heavy atom. The molecule has 0 saturated carbocycles. The molecule has 0 aliphatic rings. The summed E-state index contributed by atoms with van der Waals surface area (Å²) < 4.78 is 34.8. The predicted molar refractivity (Wildman–Crippen MR) is 121 cm³/mol. The van der Waals surface area contributed by atoms with E-state index in [1.165, 1.54) is 10.9 Å². The molecule has 0 fully saturated rings. The number of guanidine groups is 1. The Morgan fingerprint density at radius 3 is 2.61 bits per heavy atom. The molecule has 5 nitrogen and oxygen atoms in total. The number of benzene rings is 1. The molecular weight excluding hydrogens is 499 g/mol. The van der Waals surface area contributed by atoms with Gasteiger partial charge in [0.15, 0.2) is 17.5 Å². The van der Waals surface area contributed by atoms with Crippen LogP contribution >= 0.6 is 35.3 Å². The van der Waals surface area contributed by atoms with Gasteiger partial charge in [-0.25, -0.2) is 0 Å². The van der Waals surface area contributed by atoms with Crippen LogP contribution in [0.4, 0.5) is 8.78 Å². The zero-order valence-corrected chi connectivity index (χ0v) is 19.2. The SMILES string of the molecule is CCOc1cc(CNC(=NC)NCC(C)c2cccs2)ccc1OC(F)F.I. The van der Waals surface area contributed by atoms with E-state index < -0.39 is 6.61 Å². The molecule has 0 saturated heterocycles. The number of alkyl halides is 2. The van der Waals surface area contributed by atoms with Gasteiger partial charge < -0.3 is 20.1 Å². The van der Waals surface area contributed by atoms with Crippen LogP contribution in [0.25, 0.3) is 0 Å². The lowest BCUT2D eigenvalue weighted by molar-refractivity contribution is -0.0514. The predicted octanol–water partition coefficient (Wildman–Crippen LogP) is 4.83. The zero-order chi connectivity index (χ0) is 19.6. The van der Waals surface area contributed by atoms with Crippen LogP contribution in [-0.2, 0) is 6.54 Å². The molecule has 2 aromatic rings. The topological polar surface area (TPSA) is 54.9 Å². The van der Waals surface area contributed by atoms with E-state index >= 15 is 0 Å². The van der Waals surface area contributed by atoms with Gasteiger partial charge in [0.25, 0.3) is 0 Å². The molecule has 9 heteroatoms. The number of rotatable bonds is 9. The first-order valence-electron chi connectivity index (χ1n) is 8.72. The monoisotopic (exact) mass is 525 g/mol. The molecule has 1 aromatic carbocycles. The van der Waals surface area contributed by atoms with Crippen LogP contribution < -0.4 is 20.1 Å². The normalized spacial score (nSPS) is 12.3. The zero-order valence-electron chi connectivity index (χ0n) is 16.1. The lowest BCUT2D eigenvalue weighted by Crippen LogP contribution is -2.38. The molecule has 0 aliphatic carbocycles. The fraction of sp³-hybridized carbons (Fsp3) is 0.421. The minimum atomic E-state index is -2.89. The highest BCUT2D eigenvalue weighted by Gasteiger charge is 2.12. The van der Waals surface area contributed by atoms with Crippen LogP contribution in [0.5, 0.6) is 11.5 Å². The van der Waals surface area contributed by atoms with Gasteiger partial charge in [0.2, 0.25) is 0 Å². The van der Waals surface area contributed by atoms with Crippen molar-refractivity contribution in [1.29, 1.82) is 0 Å². The summed E-state index contributed by atoms with van der Waals surface area (Å²) in [5.74, 6) is 1.37. The number of hydrogen-bond acceptors (Lipinski definition) is 4. The van der Waals surface area contributed by atoms with Crippen molar-refractivity contribution in [3.05, 3.63) is 46.2 Å². The second kappa shape index (κ2) is 12.8. The standard InChI is InChI=1S/C19H25F2N3O2S.HI/c1-4-25-16-10-14(7-8-15(16)26-18(20)21)12-24-19(22-3)23-11-13(2)17-6-5-9-27-17;/h5-10,13,18H,4,11-12H2,1-3H3,(H2,22,23,24);1H. The Balaban J connectivity index is 0.00000392. The number of ether oxygens (including phenoxy) is 2. The van der Waals surface area contributed by atoms with Crippen LogP contribution in [0.2, 0.25) is 0 Å². The average molecular weight is 525 g/mol. The molecule has 0 radical (unpaired) electrons. The Hall–Kier alpha value is -1.62. The molecule has 1 heterocycles. The Kier molecular flexibility index (Phi) is 11.1. The van der Waals surface area contributed by atoms with E-state index in [0.717, 1.165) is 12.1 Å². The summed E-state index contributed by atoms with van der Waals surface area (Å²) in [6, 6.07) is 9.06. The Morgan fingerprint density at radius 2 is 2.00 bits per heavy atom. The third-order valence-corrected chi connectivity index (χ3v) is 4.92. The van der Waals surface area contributed by atoms with Crippen molar-refractivity contribution in [2.75, 3.05) is 20.2 Å². The summed E-state index contributed by atoms with van der Waals surface area (Å²) in [6.07, 6.45) is 0. The number of halogens is 3. The number of nitrogens with one attached hydrogen (secondary N) is 2. The van der Waals surface area contributed by atoms with Crippen molar-refractivity contribution in [3.8, 4) is 11.5 Å². The maximum absolute atomic E-state index is 12.5. The summed E-state index contributed by atoms with van der Waals surface area (Å²) in [5.41, 5.74) is 0.870. The number of thiophene rings is 1. The highest BCUT2D eigenvalue weighted by atomic mass is 127. The highest BCUT2D eigenvalue weighted by Crippen LogP contribution is 2.29. The van der Waals surface area contributed by atoms with E-state index in [1.54, 1.807) is 37.4 Å². The summed E-state index contributed by atoms with van der Waals surface area (Å²) in [6.45, 7) is 2.65. The number of nitrogens with zero attached hydrogens (tertiary/aromatic N) is 1. The van der Waals surface area contributed by atoms with Crippen LogP contribution in [0.1, 0.15) is 30.2 Å². The average Bonchev–Trinajstić information content (AvgIpc) is 3.18. The van der Waals surface area contributed by atoms with E-state index in [2.05, 4.69) is 38.7 Å². The Bertz CT molecular complexity index is 730. The molecule has 0 spiro atoms. The summed E-state index contributed by atoms with van der Waals surface area (Å²) in [7, 11) is 1.70. The minimum Gasteiger partial charge on any atom is -0.490 e. The van der Waals surface area contributed by atoms with Crippen molar-refractivity contribution in [1.82, 2.24) is 10.6 Å². The first-order valence-corrected chi connectivity index (χ1v) is 9.59. The van der Waals surface area contributed by atoms with Crippen molar-refractivity contribution < 1.29 is 18.3 Å². The van der Waals surface area contributed by atoms with E-state index in [-0.39, 0.29) is 29.7 Å². The van der Waals surface area contributed by atoms with Gasteiger partial charge in [-0.05, 0) is 36.1 Å². The molecule has 2 rings (SSSR count). The first kappa shape index (κ1) is 24.4. The van der Waals surface area contributed by atoms with Crippen LogP contribution in [0.15, 0.2) is 40.7 Å². The van der Waals surface area contributed by atoms with Gasteiger partial charge in [-0.2, -0.15) is 8.78 Å². The maximum Gasteiger partial charge on any atom is 0.387 e. The molecule has 156 valence electrons. The highest BCUT2D eigenvalue weighted by molar-refractivity contribution is 14.0. The van der Waals surface area contributed by atoms with Crippen molar-refractivity contribution >= 4 is 41.3 Å². The van der Waals surface area contributed by atoms with Gasteiger partial charge in [-0.1, -0.05) is 19.1 Å². The van der Waals surface area contributed by atoms with E-state index in [9.17, 15) is 8.78 Å². The van der Waals surface area contributed by atoms with Gasteiger partial charge in [0.05, 0.1) is 6.61 Å². The molecule has 1 aromatic heterocycles. The van der Waals surface area contributed by atoms with Gasteiger partial charge in [0.1, 0.15) is 0 Å². The molecule has 2 N–H and O–H groups in total. The van der Waals surface area contributed by atoms with Gasteiger partial charge >= 0.3 is 6.61 Å². The van der Waals surface area contributed by atoms with Crippen molar-refractivity contribution in [2.24, 2.45) is 4.99 Å². The number of hydrogen-bond donors (Lipinski definition) is 2. The van der Waals surface area contributed by atoms with E-state index in [4.69, 9.17) is 4.74 Å². The number of aliphatic imine (C=N–C) groups is 1. The lowest BCUT2D eigenvalue weighted by Gasteiger charge is -2.16. The summed E-state index contributed by atoms with van der Waals surface area (Å²) in [5, 5.41) is 8.57. The Labute approximate surface area is 185 Å². The third-order valence-electron chi connectivity index (χ3n) is 3.81.